The summed E-state index contributed by atoms with van der Waals surface area (Å²) in [5.74, 6) is -0.638. The molecule has 0 aliphatic rings. The molecule has 1 atom stereocenters. The molecule has 0 aliphatic carbocycles. The van der Waals surface area contributed by atoms with Gasteiger partial charge in [-0.1, -0.05) is 13.8 Å². The van der Waals surface area contributed by atoms with Crippen LogP contribution in [0.3, 0.4) is 0 Å². The lowest BCUT2D eigenvalue weighted by Crippen LogP contribution is -2.29. The van der Waals surface area contributed by atoms with Crippen LogP contribution in [-0.4, -0.2) is 28.8 Å². The van der Waals surface area contributed by atoms with Crippen LogP contribution in [0.2, 0.25) is 0 Å². The van der Waals surface area contributed by atoms with Gasteiger partial charge in [0.05, 0.1) is 0 Å². The lowest BCUT2D eigenvalue weighted by molar-refractivity contribution is -0.138. The first kappa shape index (κ1) is 12.7. The fraction of sp³-hybridized carbons (Fsp3) is 0.778. The number of amides is 1. The Balaban J connectivity index is 3.96. The minimum atomic E-state index is -1.11. The molecule has 0 fully saturated rings. The topological polar surface area (TPSA) is 86.6 Å². The summed E-state index contributed by atoms with van der Waals surface area (Å²) in [5, 5.41) is 19.2. The van der Waals surface area contributed by atoms with E-state index in [1.165, 1.54) is 0 Å². The number of carbonyl (C=O) groups is 2. The molecule has 0 heterocycles. The van der Waals surface area contributed by atoms with Crippen LogP contribution in [0, 0.1) is 11.8 Å². The van der Waals surface area contributed by atoms with Crippen molar-refractivity contribution in [2.45, 2.75) is 26.7 Å². The molecule has 0 spiro atoms. The number of aliphatic carboxylic acids is 1. The van der Waals surface area contributed by atoms with Gasteiger partial charge in [-0.3, -0.25) is 4.79 Å². The Labute approximate surface area is 83.1 Å². The smallest absolute Gasteiger partial charge is 0.404 e. The van der Waals surface area contributed by atoms with E-state index in [9.17, 15) is 9.59 Å². The Morgan fingerprint density at radius 1 is 1.29 bits per heavy atom. The summed E-state index contributed by atoms with van der Waals surface area (Å²) in [6.45, 7) is 4.17. The van der Waals surface area contributed by atoms with Crippen LogP contribution in [0.5, 0.6) is 0 Å². The number of carboxylic acids is 1. The number of nitrogens with one attached hydrogen (secondary N) is 1. The van der Waals surface area contributed by atoms with E-state index in [0.717, 1.165) is 0 Å². The van der Waals surface area contributed by atoms with E-state index in [1.807, 2.05) is 13.8 Å². The van der Waals surface area contributed by atoms with Gasteiger partial charge in [-0.2, -0.15) is 0 Å². The normalized spacial score (nSPS) is 12.5. The highest BCUT2D eigenvalue weighted by Crippen LogP contribution is 2.14. The zero-order valence-corrected chi connectivity index (χ0v) is 8.49. The summed E-state index contributed by atoms with van der Waals surface area (Å²) in [7, 11) is 0. The first-order valence-corrected chi connectivity index (χ1v) is 4.60. The molecule has 0 saturated heterocycles. The van der Waals surface area contributed by atoms with Crippen LogP contribution in [-0.2, 0) is 4.79 Å². The highest BCUT2D eigenvalue weighted by atomic mass is 16.4. The van der Waals surface area contributed by atoms with Crippen LogP contribution < -0.4 is 5.32 Å². The van der Waals surface area contributed by atoms with Crippen molar-refractivity contribution in [3.05, 3.63) is 0 Å². The molecule has 0 saturated carbocycles. The second-order valence-electron chi connectivity index (χ2n) is 3.78. The Bertz CT molecular complexity index is 203. The van der Waals surface area contributed by atoms with E-state index < -0.39 is 12.1 Å². The van der Waals surface area contributed by atoms with E-state index in [1.54, 1.807) is 0 Å². The molecular formula is C9H17NO4. The third-order valence-corrected chi connectivity index (χ3v) is 1.81. The van der Waals surface area contributed by atoms with E-state index >= 15 is 0 Å². The molecule has 0 aromatic heterocycles. The van der Waals surface area contributed by atoms with Gasteiger partial charge in [-0.25, -0.2) is 4.79 Å². The average molecular weight is 203 g/mol. The van der Waals surface area contributed by atoms with Crippen molar-refractivity contribution in [1.82, 2.24) is 5.32 Å². The lowest BCUT2D eigenvalue weighted by atomic mass is 9.94. The highest BCUT2D eigenvalue weighted by molar-refractivity contribution is 5.67. The molecule has 1 amide bonds. The summed E-state index contributed by atoms with van der Waals surface area (Å²) >= 11 is 0. The predicted molar refractivity (Wildman–Crippen MR) is 51.2 cm³/mol. The van der Waals surface area contributed by atoms with Gasteiger partial charge in [0, 0.05) is 13.0 Å². The summed E-state index contributed by atoms with van der Waals surface area (Å²) in [6.07, 6.45) is -0.380. The van der Waals surface area contributed by atoms with Crippen molar-refractivity contribution in [3.8, 4) is 0 Å². The number of carboxylic acid groups (broad SMARTS) is 2. The highest BCUT2D eigenvalue weighted by Gasteiger charge is 2.15. The van der Waals surface area contributed by atoms with E-state index in [2.05, 4.69) is 5.32 Å². The maximum absolute atomic E-state index is 10.5. The fourth-order valence-electron chi connectivity index (χ4n) is 1.38. The molecule has 0 aromatic rings. The van der Waals surface area contributed by atoms with E-state index in [4.69, 9.17) is 10.2 Å². The quantitative estimate of drug-likeness (QED) is 0.608. The third-order valence-electron chi connectivity index (χ3n) is 1.81. The van der Waals surface area contributed by atoms with Gasteiger partial charge in [-0.15, -0.1) is 0 Å². The maximum atomic E-state index is 10.5. The molecule has 14 heavy (non-hydrogen) atoms. The molecule has 82 valence electrons. The van der Waals surface area contributed by atoms with Crippen LogP contribution in [0.25, 0.3) is 0 Å². The van der Waals surface area contributed by atoms with E-state index in [-0.39, 0.29) is 18.9 Å². The lowest BCUT2D eigenvalue weighted by Gasteiger charge is -2.16. The van der Waals surface area contributed by atoms with Gasteiger partial charge in [0.2, 0.25) is 0 Å². The Kier molecular flexibility index (Phi) is 5.67. The van der Waals surface area contributed by atoms with Crippen LogP contribution in [0.1, 0.15) is 26.7 Å². The SMILES string of the molecule is CC(C)C[C@H](CNC(=O)O)CC(=O)O. The van der Waals surface area contributed by atoms with Crippen molar-refractivity contribution in [2.75, 3.05) is 6.54 Å². The summed E-state index contributed by atoms with van der Waals surface area (Å²) in [4.78, 5) is 20.7. The van der Waals surface area contributed by atoms with Gasteiger partial charge in [0.1, 0.15) is 0 Å². The molecule has 0 unspecified atom stereocenters. The summed E-state index contributed by atoms with van der Waals surface area (Å²) in [5.41, 5.74) is 0. The Morgan fingerprint density at radius 3 is 2.21 bits per heavy atom. The minimum absolute atomic E-state index is 0.0124. The Morgan fingerprint density at radius 2 is 1.86 bits per heavy atom. The second kappa shape index (κ2) is 6.23. The number of hydrogen-bond acceptors (Lipinski definition) is 2. The van der Waals surface area contributed by atoms with Crippen molar-refractivity contribution < 1.29 is 19.8 Å². The van der Waals surface area contributed by atoms with Gasteiger partial charge >= 0.3 is 12.1 Å². The number of hydrogen-bond donors (Lipinski definition) is 3. The molecule has 3 N–H and O–H groups in total. The van der Waals surface area contributed by atoms with Crippen LogP contribution in [0.15, 0.2) is 0 Å². The van der Waals surface area contributed by atoms with Crippen molar-refractivity contribution in [2.24, 2.45) is 11.8 Å². The van der Waals surface area contributed by atoms with Crippen molar-refractivity contribution in [3.63, 3.8) is 0 Å². The van der Waals surface area contributed by atoms with Gasteiger partial charge in [0.15, 0.2) is 0 Å². The molecule has 0 aromatic carbocycles. The third kappa shape index (κ3) is 7.39. The van der Waals surface area contributed by atoms with Gasteiger partial charge in [-0.05, 0) is 18.3 Å². The van der Waals surface area contributed by atoms with E-state index in [0.29, 0.717) is 12.3 Å². The zero-order chi connectivity index (χ0) is 11.1. The largest absolute Gasteiger partial charge is 0.481 e. The molecule has 0 rings (SSSR count). The molecule has 5 nitrogen and oxygen atoms in total. The van der Waals surface area contributed by atoms with Crippen LogP contribution >= 0.6 is 0 Å². The molecule has 5 heteroatoms. The zero-order valence-electron chi connectivity index (χ0n) is 8.49. The first-order chi connectivity index (χ1) is 6.41. The standard InChI is InChI=1S/C9H17NO4/c1-6(2)3-7(4-8(11)12)5-10-9(13)14/h6-7,10H,3-5H2,1-2H3,(H,11,12)(H,13,14)/t7-/m0/s1. The van der Waals surface area contributed by atoms with Gasteiger partial charge < -0.3 is 15.5 Å². The maximum Gasteiger partial charge on any atom is 0.404 e. The second-order valence-corrected chi connectivity index (χ2v) is 3.78. The molecule has 0 bridgehead atoms. The summed E-state index contributed by atoms with van der Waals surface area (Å²) < 4.78 is 0. The monoisotopic (exact) mass is 203 g/mol. The van der Waals surface area contributed by atoms with Gasteiger partial charge in [0.25, 0.3) is 0 Å². The fourth-order valence-corrected chi connectivity index (χ4v) is 1.38. The van der Waals surface area contributed by atoms with Crippen LogP contribution in [0.4, 0.5) is 4.79 Å². The molecular weight excluding hydrogens is 186 g/mol. The molecule has 0 radical (unpaired) electrons. The predicted octanol–water partition coefficient (Wildman–Crippen LogP) is 1.39. The van der Waals surface area contributed by atoms with Crippen molar-refractivity contribution in [1.29, 1.82) is 0 Å². The Hall–Kier alpha value is -1.26. The number of rotatable bonds is 6. The van der Waals surface area contributed by atoms with Crippen molar-refractivity contribution >= 4 is 12.1 Å². The average Bonchev–Trinajstić information content (AvgIpc) is 1.97. The molecule has 0 aliphatic heterocycles. The first-order valence-electron chi connectivity index (χ1n) is 4.60. The summed E-state index contributed by atoms with van der Waals surface area (Å²) in [6, 6.07) is 0. The minimum Gasteiger partial charge on any atom is -0.481 e.